The van der Waals surface area contributed by atoms with E-state index in [0.29, 0.717) is 0 Å². The Morgan fingerprint density at radius 3 is 2.56 bits per heavy atom. The van der Waals surface area contributed by atoms with Crippen LogP contribution < -0.4 is 10.6 Å². The lowest BCUT2D eigenvalue weighted by Gasteiger charge is -2.18. The predicted molar refractivity (Wildman–Crippen MR) is 99.2 cm³/mol. The Labute approximate surface area is 146 Å². The Balaban J connectivity index is 1.74. The second-order valence-corrected chi connectivity index (χ2v) is 6.12. The molecular weight excluding hydrogens is 314 g/mol. The maximum absolute atomic E-state index is 12.5. The van der Waals surface area contributed by atoms with Crippen molar-refractivity contribution in [2.75, 3.05) is 5.32 Å². The number of hydrogen-bond acceptors (Lipinski definition) is 2. The lowest BCUT2D eigenvalue weighted by molar-refractivity contribution is -0.120. The van der Waals surface area contributed by atoms with Gasteiger partial charge in [0.2, 0.25) is 11.8 Å². The Hall–Kier alpha value is -3.08. The summed E-state index contributed by atoms with van der Waals surface area (Å²) in [4.78, 5) is 23.9. The highest BCUT2D eigenvalue weighted by Crippen LogP contribution is 2.21. The molecule has 3 rings (SSSR count). The zero-order chi connectivity index (χ0) is 17.8. The zero-order valence-corrected chi connectivity index (χ0v) is 14.3. The molecule has 0 bridgehead atoms. The van der Waals surface area contributed by atoms with Gasteiger partial charge in [-0.3, -0.25) is 9.59 Å². The summed E-state index contributed by atoms with van der Waals surface area (Å²) in [6.45, 7) is 1.46. The molecular formula is C20H21N3O2. The molecule has 5 nitrogen and oxygen atoms in total. The topological polar surface area (TPSA) is 63.1 Å². The molecule has 0 unspecified atom stereocenters. The monoisotopic (exact) mass is 335 g/mol. The second kappa shape index (κ2) is 7.21. The van der Waals surface area contributed by atoms with Gasteiger partial charge in [0.1, 0.15) is 0 Å². The molecule has 0 spiro atoms. The van der Waals surface area contributed by atoms with Gasteiger partial charge in [-0.25, -0.2) is 0 Å². The van der Waals surface area contributed by atoms with Gasteiger partial charge < -0.3 is 15.2 Å². The van der Waals surface area contributed by atoms with Crippen LogP contribution in [0.4, 0.5) is 5.69 Å². The summed E-state index contributed by atoms with van der Waals surface area (Å²) in [5, 5.41) is 6.89. The van der Waals surface area contributed by atoms with Gasteiger partial charge in [-0.05, 0) is 29.1 Å². The Kier molecular flexibility index (Phi) is 4.84. The molecule has 5 heteroatoms. The number of carbonyl (C=O) groups excluding carboxylic acids is 2. The number of nitrogens with one attached hydrogen (secondary N) is 2. The molecule has 1 atom stereocenters. The summed E-state index contributed by atoms with van der Waals surface area (Å²) in [6, 6.07) is 17.0. The molecule has 0 saturated heterocycles. The van der Waals surface area contributed by atoms with Gasteiger partial charge in [0.25, 0.3) is 0 Å². The van der Waals surface area contributed by atoms with Gasteiger partial charge in [-0.15, -0.1) is 0 Å². The number of hydrogen-bond donors (Lipinski definition) is 2. The fraction of sp³-hybridized carbons (Fsp3) is 0.200. The van der Waals surface area contributed by atoms with Gasteiger partial charge in [0.15, 0.2) is 0 Å². The van der Waals surface area contributed by atoms with Gasteiger partial charge in [0, 0.05) is 31.4 Å². The quantitative estimate of drug-likeness (QED) is 0.751. The molecule has 25 heavy (non-hydrogen) atoms. The largest absolute Gasteiger partial charge is 0.350 e. The number of aryl methyl sites for hydroxylation is 1. The molecule has 3 aromatic rings. The van der Waals surface area contributed by atoms with E-state index in [4.69, 9.17) is 0 Å². The zero-order valence-electron chi connectivity index (χ0n) is 14.3. The highest BCUT2D eigenvalue weighted by atomic mass is 16.2. The molecule has 0 saturated carbocycles. The molecule has 0 aliphatic carbocycles. The second-order valence-electron chi connectivity index (χ2n) is 6.12. The first kappa shape index (κ1) is 16.8. The summed E-state index contributed by atoms with van der Waals surface area (Å²) in [7, 11) is 1.97. The van der Waals surface area contributed by atoms with Gasteiger partial charge >= 0.3 is 0 Å². The number of benzene rings is 2. The maximum Gasteiger partial charge on any atom is 0.226 e. The summed E-state index contributed by atoms with van der Waals surface area (Å²) >= 11 is 0. The van der Waals surface area contributed by atoms with E-state index in [1.807, 2.05) is 72.4 Å². The van der Waals surface area contributed by atoms with Crippen molar-refractivity contribution in [3.8, 4) is 0 Å². The van der Waals surface area contributed by atoms with Crippen LogP contribution in [0.1, 0.15) is 24.9 Å². The molecule has 0 aliphatic rings. The summed E-state index contributed by atoms with van der Waals surface area (Å²) in [5.41, 5.74) is 2.71. The van der Waals surface area contributed by atoms with Crippen LogP contribution >= 0.6 is 0 Å². The Morgan fingerprint density at radius 1 is 1.08 bits per heavy atom. The molecule has 128 valence electrons. The van der Waals surface area contributed by atoms with E-state index in [1.165, 1.54) is 6.92 Å². The molecule has 0 aliphatic heterocycles. The van der Waals surface area contributed by atoms with Gasteiger partial charge in [0.05, 0.1) is 12.5 Å². The average Bonchev–Trinajstić information content (AvgIpc) is 2.95. The number of fused-ring (bicyclic) bond motifs is 1. The minimum Gasteiger partial charge on any atom is -0.350 e. The third kappa shape index (κ3) is 4.07. The number of anilines is 1. The average molecular weight is 335 g/mol. The van der Waals surface area contributed by atoms with Crippen LogP contribution in [0.5, 0.6) is 0 Å². The van der Waals surface area contributed by atoms with Crippen molar-refractivity contribution in [2.24, 2.45) is 7.05 Å². The first-order valence-electron chi connectivity index (χ1n) is 8.20. The van der Waals surface area contributed by atoms with E-state index in [0.717, 1.165) is 22.2 Å². The smallest absolute Gasteiger partial charge is 0.226 e. The van der Waals surface area contributed by atoms with E-state index < -0.39 is 0 Å². The summed E-state index contributed by atoms with van der Waals surface area (Å²) < 4.78 is 2.01. The minimum atomic E-state index is -0.350. The standard InChI is InChI=1S/C20H21N3O2/c1-14(24)21-18(15-6-4-3-5-7-15)13-20(25)22-17-9-8-16-10-11-23(2)19(16)12-17/h3-12,18H,13H2,1-2H3,(H,21,24)(H,22,25)/t18-/m0/s1. The Bertz CT molecular complexity index is 900. The summed E-state index contributed by atoms with van der Waals surface area (Å²) in [5.74, 6) is -0.303. The van der Waals surface area contributed by atoms with Gasteiger partial charge in [-0.2, -0.15) is 0 Å². The van der Waals surface area contributed by atoms with Crippen molar-refractivity contribution in [2.45, 2.75) is 19.4 Å². The lowest BCUT2D eigenvalue weighted by atomic mass is 10.0. The van der Waals surface area contributed by atoms with Crippen molar-refractivity contribution < 1.29 is 9.59 Å². The first-order valence-corrected chi connectivity index (χ1v) is 8.20. The third-order valence-electron chi connectivity index (χ3n) is 4.14. The number of rotatable bonds is 5. The van der Waals surface area contributed by atoms with Gasteiger partial charge in [-0.1, -0.05) is 36.4 Å². The first-order chi connectivity index (χ1) is 12.0. The van der Waals surface area contributed by atoms with E-state index in [2.05, 4.69) is 10.6 Å². The van der Waals surface area contributed by atoms with Crippen molar-refractivity contribution in [1.29, 1.82) is 0 Å². The highest BCUT2D eigenvalue weighted by molar-refractivity contribution is 5.94. The molecule has 1 aromatic heterocycles. The van der Waals surface area contributed by atoms with E-state index in [1.54, 1.807) is 0 Å². The lowest BCUT2D eigenvalue weighted by Crippen LogP contribution is -2.29. The maximum atomic E-state index is 12.5. The predicted octanol–water partition coefficient (Wildman–Crippen LogP) is 3.38. The third-order valence-corrected chi connectivity index (χ3v) is 4.14. The van der Waals surface area contributed by atoms with E-state index in [-0.39, 0.29) is 24.3 Å². The SMILES string of the molecule is CC(=O)N[C@@H](CC(=O)Nc1ccc2ccn(C)c2c1)c1ccccc1. The normalized spacial score (nSPS) is 11.9. The van der Waals surface area contributed by atoms with Crippen LogP contribution in [0.15, 0.2) is 60.8 Å². The van der Waals surface area contributed by atoms with Crippen LogP contribution in [-0.4, -0.2) is 16.4 Å². The van der Waals surface area contributed by atoms with Crippen LogP contribution in [0.3, 0.4) is 0 Å². The van der Waals surface area contributed by atoms with Crippen molar-refractivity contribution in [3.05, 3.63) is 66.4 Å². The number of amides is 2. The highest BCUT2D eigenvalue weighted by Gasteiger charge is 2.17. The molecule has 0 radical (unpaired) electrons. The Morgan fingerprint density at radius 2 is 1.84 bits per heavy atom. The van der Waals surface area contributed by atoms with E-state index in [9.17, 15) is 9.59 Å². The fourth-order valence-corrected chi connectivity index (χ4v) is 2.92. The summed E-state index contributed by atoms with van der Waals surface area (Å²) in [6.07, 6.45) is 2.16. The molecule has 0 fully saturated rings. The molecule has 1 heterocycles. The van der Waals surface area contributed by atoms with Crippen LogP contribution in [0.25, 0.3) is 10.9 Å². The van der Waals surface area contributed by atoms with Crippen LogP contribution in [-0.2, 0) is 16.6 Å². The van der Waals surface area contributed by atoms with E-state index >= 15 is 0 Å². The number of carbonyl (C=O) groups is 2. The van der Waals surface area contributed by atoms with Crippen LogP contribution in [0.2, 0.25) is 0 Å². The molecule has 2 N–H and O–H groups in total. The number of aromatic nitrogens is 1. The van der Waals surface area contributed by atoms with Crippen LogP contribution in [0, 0.1) is 0 Å². The number of nitrogens with zero attached hydrogens (tertiary/aromatic N) is 1. The fourth-order valence-electron chi connectivity index (χ4n) is 2.92. The van der Waals surface area contributed by atoms with Crippen molar-refractivity contribution >= 4 is 28.4 Å². The molecule has 2 amide bonds. The van der Waals surface area contributed by atoms with Crippen molar-refractivity contribution in [1.82, 2.24) is 9.88 Å². The molecule has 2 aromatic carbocycles. The van der Waals surface area contributed by atoms with Crippen molar-refractivity contribution in [3.63, 3.8) is 0 Å². The minimum absolute atomic E-state index is 0.142.